The van der Waals surface area contributed by atoms with Gasteiger partial charge in [-0.2, -0.15) is 0 Å². The summed E-state index contributed by atoms with van der Waals surface area (Å²) < 4.78 is 28.7. The summed E-state index contributed by atoms with van der Waals surface area (Å²) in [5, 5.41) is 3.90. The number of hydrogen-bond donors (Lipinski definition) is 1. The average molecular weight is 603 g/mol. The summed E-state index contributed by atoms with van der Waals surface area (Å²) in [7, 11) is -4.10. The van der Waals surface area contributed by atoms with Crippen LogP contribution in [-0.2, 0) is 26.2 Å². The second kappa shape index (κ2) is 13.5. The summed E-state index contributed by atoms with van der Waals surface area (Å²) in [6.07, 6.45) is 4.24. The molecule has 10 heteroatoms. The lowest BCUT2D eigenvalue weighted by molar-refractivity contribution is -0.140. The highest BCUT2D eigenvalue weighted by atomic mass is 35.5. The van der Waals surface area contributed by atoms with Gasteiger partial charge in [0.2, 0.25) is 11.8 Å². The summed E-state index contributed by atoms with van der Waals surface area (Å²) in [4.78, 5) is 29.1. The summed E-state index contributed by atoms with van der Waals surface area (Å²) in [5.74, 6) is -0.784. The number of carbonyl (C=O) groups is 2. The van der Waals surface area contributed by atoms with E-state index in [4.69, 9.17) is 23.2 Å². The first-order valence-corrected chi connectivity index (χ1v) is 15.6. The number of rotatable bonds is 11. The first-order valence-electron chi connectivity index (χ1n) is 13.4. The molecule has 1 N–H and O–H groups in total. The quantitative estimate of drug-likeness (QED) is 0.289. The maximum absolute atomic E-state index is 14.1. The van der Waals surface area contributed by atoms with Gasteiger partial charge in [-0.05, 0) is 61.2 Å². The molecule has 0 aliphatic heterocycles. The first kappa shape index (κ1) is 29.9. The molecule has 4 rings (SSSR count). The number of carbonyl (C=O) groups excluding carboxylic acids is 2. The van der Waals surface area contributed by atoms with Gasteiger partial charge in [0.05, 0.1) is 10.6 Å². The highest BCUT2D eigenvalue weighted by Crippen LogP contribution is 2.27. The van der Waals surface area contributed by atoms with Gasteiger partial charge in [0.1, 0.15) is 12.6 Å². The van der Waals surface area contributed by atoms with Crippen molar-refractivity contribution < 1.29 is 18.0 Å². The molecule has 1 fully saturated rings. The normalized spacial score (nSPS) is 14.5. The van der Waals surface area contributed by atoms with Crippen LogP contribution in [-0.4, -0.2) is 43.8 Å². The van der Waals surface area contributed by atoms with Crippen LogP contribution in [0.2, 0.25) is 10.0 Å². The second-order valence-electron chi connectivity index (χ2n) is 9.83. The summed E-state index contributed by atoms with van der Waals surface area (Å²) in [6.45, 7) is 1.34. The molecule has 0 bridgehead atoms. The molecule has 0 spiro atoms. The Hall–Kier alpha value is -3.07. The lowest BCUT2D eigenvalue weighted by Gasteiger charge is -2.34. The Bertz CT molecular complexity index is 1420. The van der Waals surface area contributed by atoms with Crippen LogP contribution in [0.25, 0.3) is 0 Å². The fraction of sp³-hybridized carbons (Fsp3) is 0.333. The number of halogens is 2. The average Bonchev–Trinajstić information content (AvgIpc) is 3.46. The van der Waals surface area contributed by atoms with Crippen LogP contribution in [0.4, 0.5) is 5.69 Å². The topological polar surface area (TPSA) is 86.8 Å². The predicted molar refractivity (Wildman–Crippen MR) is 159 cm³/mol. The van der Waals surface area contributed by atoms with Crippen molar-refractivity contribution in [3.63, 3.8) is 0 Å². The Kier molecular flexibility index (Phi) is 10.1. The van der Waals surface area contributed by atoms with Crippen molar-refractivity contribution in [2.45, 2.75) is 62.6 Å². The van der Waals surface area contributed by atoms with Gasteiger partial charge in [-0.3, -0.25) is 13.9 Å². The number of para-hydroxylation sites is 1. The largest absolute Gasteiger partial charge is 0.352 e. The summed E-state index contributed by atoms with van der Waals surface area (Å²) in [5.41, 5.74) is 0.941. The third-order valence-corrected chi connectivity index (χ3v) is 9.47. The lowest BCUT2D eigenvalue weighted by atomic mass is 10.1. The number of amides is 2. The molecule has 1 aliphatic carbocycles. The Balaban J connectivity index is 1.70. The van der Waals surface area contributed by atoms with Crippen molar-refractivity contribution in [2.75, 3.05) is 10.8 Å². The molecule has 40 heavy (non-hydrogen) atoms. The molecular weight excluding hydrogens is 569 g/mol. The third-order valence-electron chi connectivity index (χ3n) is 7.10. The summed E-state index contributed by atoms with van der Waals surface area (Å²) in [6, 6.07) is 20.6. The molecule has 3 aromatic carbocycles. The van der Waals surface area contributed by atoms with Gasteiger partial charge in [0.15, 0.2) is 0 Å². The number of nitrogens with one attached hydrogen (secondary N) is 1. The molecular formula is C30H33Cl2N3O4S. The van der Waals surface area contributed by atoms with Gasteiger partial charge in [-0.15, -0.1) is 0 Å². The molecule has 0 unspecified atom stereocenters. The van der Waals surface area contributed by atoms with Crippen LogP contribution in [0, 0.1) is 0 Å². The monoisotopic (exact) mass is 601 g/mol. The van der Waals surface area contributed by atoms with Crippen molar-refractivity contribution in [1.29, 1.82) is 0 Å². The second-order valence-corrected chi connectivity index (χ2v) is 12.5. The molecule has 0 heterocycles. The zero-order valence-electron chi connectivity index (χ0n) is 22.3. The Morgan fingerprint density at radius 2 is 1.57 bits per heavy atom. The van der Waals surface area contributed by atoms with Gasteiger partial charge < -0.3 is 10.2 Å². The fourth-order valence-corrected chi connectivity index (χ4v) is 6.87. The van der Waals surface area contributed by atoms with E-state index in [-0.39, 0.29) is 23.4 Å². The third kappa shape index (κ3) is 7.16. The fourth-order valence-electron chi connectivity index (χ4n) is 4.96. The van der Waals surface area contributed by atoms with Gasteiger partial charge in [0.25, 0.3) is 10.0 Å². The highest BCUT2D eigenvalue weighted by molar-refractivity contribution is 7.92. The molecule has 212 valence electrons. The van der Waals surface area contributed by atoms with Gasteiger partial charge >= 0.3 is 0 Å². The van der Waals surface area contributed by atoms with E-state index in [2.05, 4.69) is 5.32 Å². The van der Waals surface area contributed by atoms with Gasteiger partial charge in [-0.1, -0.05) is 85.4 Å². The number of anilines is 1. The standard InChI is InChI=1S/C30H33Cl2N3O4S/c1-2-28(30(37)33-24-11-9-10-12-24)34(20-22-17-18-23(31)19-27(22)32)29(36)21-35(25-13-5-3-6-14-25)40(38,39)26-15-7-4-8-16-26/h3-8,13-19,24,28H,2,9-12,20-21H2,1H3,(H,33,37)/t28-/m1/s1. The molecule has 7 nitrogen and oxygen atoms in total. The van der Waals surface area contributed by atoms with Crippen LogP contribution in [0.1, 0.15) is 44.6 Å². The Labute approximate surface area is 246 Å². The van der Waals surface area contributed by atoms with Crippen LogP contribution >= 0.6 is 23.2 Å². The Morgan fingerprint density at radius 3 is 2.17 bits per heavy atom. The van der Waals surface area contributed by atoms with E-state index in [9.17, 15) is 18.0 Å². The van der Waals surface area contributed by atoms with Crippen LogP contribution in [0.3, 0.4) is 0 Å². The van der Waals surface area contributed by atoms with Crippen LogP contribution in [0.15, 0.2) is 83.8 Å². The van der Waals surface area contributed by atoms with Crippen molar-refractivity contribution in [3.8, 4) is 0 Å². The SMILES string of the molecule is CC[C@H](C(=O)NC1CCCC1)N(Cc1ccc(Cl)cc1Cl)C(=O)CN(c1ccccc1)S(=O)(=O)c1ccccc1. The molecule has 0 aromatic heterocycles. The van der Waals surface area contributed by atoms with Crippen molar-refractivity contribution in [1.82, 2.24) is 10.2 Å². The lowest BCUT2D eigenvalue weighted by Crippen LogP contribution is -2.53. The predicted octanol–water partition coefficient (Wildman–Crippen LogP) is 6.05. The zero-order chi connectivity index (χ0) is 28.7. The van der Waals surface area contributed by atoms with E-state index in [0.29, 0.717) is 27.7 Å². The summed E-state index contributed by atoms with van der Waals surface area (Å²) >= 11 is 12.6. The Morgan fingerprint density at radius 1 is 0.950 bits per heavy atom. The molecule has 0 saturated heterocycles. The molecule has 0 radical (unpaired) electrons. The number of hydrogen-bond acceptors (Lipinski definition) is 4. The van der Waals surface area contributed by atoms with Gasteiger partial charge in [0, 0.05) is 22.6 Å². The molecule has 1 aliphatic rings. The minimum absolute atomic E-state index is 0.0133. The molecule has 1 atom stereocenters. The highest BCUT2D eigenvalue weighted by Gasteiger charge is 2.34. The van der Waals surface area contributed by atoms with E-state index in [1.807, 2.05) is 6.92 Å². The minimum Gasteiger partial charge on any atom is -0.352 e. The van der Waals surface area contributed by atoms with E-state index in [0.717, 1.165) is 30.0 Å². The molecule has 3 aromatic rings. The minimum atomic E-state index is -4.10. The van der Waals surface area contributed by atoms with Crippen molar-refractivity contribution in [3.05, 3.63) is 94.5 Å². The van der Waals surface area contributed by atoms with E-state index >= 15 is 0 Å². The maximum Gasteiger partial charge on any atom is 0.264 e. The smallest absolute Gasteiger partial charge is 0.264 e. The molecule has 2 amide bonds. The number of sulfonamides is 1. The van der Waals surface area contributed by atoms with Crippen molar-refractivity contribution >= 4 is 50.7 Å². The molecule has 1 saturated carbocycles. The van der Waals surface area contributed by atoms with Crippen LogP contribution in [0.5, 0.6) is 0 Å². The van der Waals surface area contributed by atoms with E-state index < -0.39 is 28.5 Å². The van der Waals surface area contributed by atoms with Crippen LogP contribution < -0.4 is 9.62 Å². The maximum atomic E-state index is 14.1. The van der Waals surface area contributed by atoms with Crippen molar-refractivity contribution in [2.24, 2.45) is 0 Å². The van der Waals surface area contributed by atoms with E-state index in [1.165, 1.54) is 17.0 Å². The number of nitrogens with zero attached hydrogens (tertiary/aromatic N) is 2. The first-order chi connectivity index (χ1) is 19.2. The zero-order valence-corrected chi connectivity index (χ0v) is 24.6. The van der Waals surface area contributed by atoms with E-state index in [1.54, 1.807) is 66.7 Å². The van der Waals surface area contributed by atoms with Gasteiger partial charge in [-0.25, -0.2) is 8.42 Å². The number of benzene rings is 3.